The molecule has 0 saturated heterocycles. The minimum atomic E-state index is -1.08. The molecule has 0 fully saturated rings. The van der Waals surface area contributed by atoms with Crippen LogP contribution in [0.1, 0.15) is 15.9 Å². The van der Waals surface area contributed by atoms with Crippen LogP contribution in [-0.2, 0) is 0 Å². The van der Waals surface area contributed by atoms with Gasteiger partial charge in [0.2, 0.25) is 0 Å². The molecule has 0 spiro atoms. The van der Waals surface area contributed by atoms with Gasteiger partial charge in [-0.05, 0) is 57.9 Å². The van der Waals surface area contributed by atoms with Crippen molar-refractivity contribution < 1.29 is 18.0 Å². The van der Waals surface area contributed by atoms with Gasteiger partial charge in [0.1, 0.15) is 5.82 Å². The van der Waals surface area contributed by atoms with Crippen molar-refractivity contribution >= 4 is 27.8 Å². The van der Waals surface area contributed by atoms with Crippen LogP contribution in [0.25, 0.3) is 6.08 Å². The van der Waals surface area contributed by atoms with Gasteiger partial charge in [0, 0.05) is 5.56 Å². The lowest BCUT2D eigenvalue weighted by atomic mass is 10.1. The molecule has 2 rings (SSSR count). The molecular formula is C15H8BrF3O. The van der Waals surface area contributed by atoms with Gasteiger partial charge in [-0.2, -0.15) is 0 Å². The fraction of sp³-hybridized carbons (Fsp3) is 0. The Bertz CT molecular complexity index is 696. The highest BCUT2D eigenvalue weighted by molar-refractivity contribution is 9.10. The molecule has 102 valence electrons. The van der Waals surface area contributed by atoms with E-state index in [9.17, 15) is 18.0 Å². The number of ketones is 1. The Hall–Kier alpha value is -1.88. The number of benzene rings is 2. The first-order valence-electron chi connectivity index (χ1n) is 5.60. The van der Waals surface area contributed by atoms with Crippen LogP contribution in [0.5, 0.6) is 0 Å². The monoisotopic (exact) mass is 340 g/mol. The molecule has 20 heavy (non-hydrogen) atoms. The molecule has 0 aliphatic carbocycles. The van der Waals surface area contributed by atoms with Gasteiger partial charge < -0.3 is 0 Å². The van der Waals surface area contributed by atoms with Crippen molar-refractivity contribution in [3.63, 3.8) is 0 Å². The molecule has 0 aliphatic rings. The summed E-state index contributed by atoms with van der Waals surface area (Å²) in [6.07, 6.45) is 2.68. The van der Waals surface area contributed by atoms with Crippen LogP contribution in [-0.4, -0.2) is 5.78 Å². The summed E-state index contributed by atoms with van der Waals surface area (Å²) in [6.45, 7) is 0. The Balaban J connectivity index is 2.19. The summed E-state index contributed by atoms with van der Waals surface area (Å²) in [5, 5.41) is 0. The van der Waals surface area contributed by atoms with E-state index in [0.717, 1.165) is 12.1 Å². The summed E-state index contributed by atoms with van der Waals surface area (Å²) >= 11 is 3.03. The van der Waals surface area contributed by atoms with Crippen LogP contribution in [0.15, 0.2) is 46.9 Å². The van der Waals surface area contributed by atoms with Crippen molar-refractivity contribution in [1.29, 1.82) is 0 Å². The maximum absolute atomic E-state index is 13.0. The quantitative estimate of drug-likeness (QED) is 0.581. The van der Waals surface area contributed by atoms with Gasteiger partial charge in [0.05, 0.1) is 4.47 Å². The lowest BCUT2D eigenvalue weighted by Crippen LogP contribution is -1.96. The zero-order valence-electron chi connectivity index (χ0n) is 10.0. The average molecular weight is 341 g/mol. The van der Waals surface area contributed by atoms with Gasteiger partial charge in [0.25, 0.3) is 0 Å². The molecule has 0 heterocycles. The molecule has 2 aromatic carbocycles. The summed E-state index contributed by atoms with van der Waals surface area (Å²) in [5.41, 5.74) is 0.649. The summed E-state index contributed by atoms with van der Waals surface area (Å²) in [7, 11) is 0. The van der Waals surface area contributed by atoms with E-state index < -0.39 is 23.2 Å². The Morgan fingerprint density at radius 2 is 1.65 bits per heavy atom. The Morgan fingerprint density at radius 3 is 2.30 bits per heavy atom. The van der Waals surface area contributed by atoms with Gasteiger partial charge in [-0.1, -0.05) is 12.1 Å². The highest BCUT2D eigenvalue weighted by Crippen LogP contribution is 2.18. The number of rotatable bonds is 3. The molecule has 0 unspecified atom stereocenters. The molecule has 2 aromatic rings. The second-order valence-electron chi connectivity index (χ2n) is 4.00. The molecule has 0 aliphatic heterocycles. The van der Waals surface area contributed by atoms with Crippen molar-refractivity contribution in [2.75, 3.05) is 0 Å². The van der Waals surface area contributed by atoms with Crippen molar-refractivity contribution in [3.8, 4) is 0 Å². The zero-order valence-corrected chi connectivity index (χ0v) is 11.6. The fourth-order valence-electron chi connectivity index (χ4n) is 1.53. The smallest absolute Gasteiger partial charge is 0.185 e. The van der Waals surface area contributed by atoms with Crippen LogP contribution in [0.2, 0.25) is 0 Å². The van der Waals surface area contributed by atoms with Crippen molar-refractivity contribution in [2.24, 2.45) is 0 Å². The molecule has 0 aromatic heterocycles. The maximum atomic E-state index is 13.0. The van der Waals surface area contributed by atoms with Crippen molar-refractivity contribution in [1.82, 2.24) is 0 Å². The van der Waals surface area contributed by atoms with Crippen molar-refractivity contribution in [2.45, 2.75) is 0 Å². The van der Waals surface area contributed by atoms with Gasteiger partial charge in [-0.3, -0.25) is 4.79 Å². The van der Waals surface area contributed by atoms with Crippen molar-refractivity contribution in [3.05, 3.63) is 75.5 Å². The number of hydrogen-bond donors (Lipinski definition) is 0. The number of carbonyl (C=O) groups is 1. The molecule has 1 nitrogen and oxygen atoms in total. The Labute approximate surface area is 121 Å². The van der Waals surface area contributed by atoms with E-state index in [4.69, 9.17) is 0 Å². The van der Waals surface area contributed by atoms with E-state index in [1.807, 2.05) is 0 Å². The summed E-state index contributed by atoms with van der Waals surface area (Å²) < 4.78 is 39.1. The molecule has 0 saturated carbocycles. The number of hydrogen-bond acceptors (Lipinski definition) is 1. The minimum Gasteiger partial charge on any atom is -0.289 e. The molecule has 0 radical (unpaired) electrons. The SMILES string of the molecule is O=C(/C=C/c1ccc(F)c(Br)c1)c1ccc(F)c(F)c1. The van der Waals surface area contributed by atoms with Crippen LogP contribution in [0.3, 0.4) is 0 Å². The first-order valence-corrected chi connectivity index (χ1v) is 6.39. The topological polar surface area (TPSA) is 17.1 Å². The van der Waals surface area contributed by atoms with E-state index in [2.05, 4.69) is 15.9 Å². The number of halogens is 4. The van der Waals surface area contributed by atoms with E-state index in [1.54, 1.807) is 0 Å². The van der Waals surface area contributed by atoms with Crippen LogP contribution >= 0.6 is 15.9 Å². The standard InChI is InChI=1S/C15H8BrF3O/c16-11-7-9(1-4-12(11)17)2-6-15(20)10-3-5-13(18)14(19)8-10/h1-8H/b6-2+. The van der Waals surface area contributed by atoms with E-state index in [0.29, 0.717) is 5.56 Å². The Morgan fingerprint density at radius 1 is 0.950 bits per heavy atom. The Kier molecular flexibility index (Phi) is 4.39. The number of carbonyl (C=O) groups excluding carboxylic acids is 1. The molecule has 5 heteroatoms. The van der Waals surface area contributed by atoms with Crippen LogP contribution in [0.4, 0.5) is 13.2 Å². The van der Waals surface area contributed by atoms with Crippen LogP contribution < -0.4 is 0 Å². The van der Waals surface area contributed by atoms with Gasteiger partial charge in [0.15, 0.2) is 17.4 Å². The largest absolute Gasteiger partial charge is 0.289 e. The first kappa shape index (κ1) is 14.5. The maximum Gasteiger partial charge on any atom is 0.185 e. The molecular weight excluding hydrogens is 333 g/mol. The third-order valence-electron chi connectivity index (χ3n) is 2.57. The predicted octanol–water partition coefficient (Wildman–Crippen LogP) is 4.76. The predicted molar refractivity (Wildman–Crippen MR) is 73.8 cm³/mol. The summed E-state index contributed by atoms with van der Waals surface area (Å²) in [5.74, 6) is -2.96. The third-order valence-corrected chi connectivity index (χ3v) is 3.18. The lowest BCUT2D eigenvalue weighted by Gasteiger charge is -1.98. The normalized spacial score (nSPS) is 11.0. The third kappa shape index (κ3) is 3.36. The highest BCUT2D eigenvalue weighted by atomic mass is 79.9. The summed E-state index contributed by atoms with van der Waals surface area (Å²) in [6, 6.07) is 7.18. The highest BCUT2D eigenvalue weighted by Gasteiger charge is 2.07. The molecule has 0 N–H and O–H groups in total. The number of allylic oxidation sites excluding steroid dienone is 1. The average Bonchev–Trinajstić information content (AvgIpc) is 2.43. The molecule has 0 amide bonds. The molecule has 0 bridgehead atoms. The lowest BCUT2D eigenvalue weighted by molar-refractivity contribution is 0.104. The first-order chi connectivity index (χ1) is 9.47. The van der Waals surface area contributed by atoms with Gasteiger partial charge in [-0.25, -0.2) is 13.2 Å². The van der Waals surface area contributed by atoms with E-state index in [-0.39, 0.29) is 10.0 Å². The second-order valence-corrected chi connectivity index (χ2v) is 4.85. The van der Waals surface area contributed by atoms with Gasteiger partial charge >= 0.3 is 0 Å². The second kappa shape index (κ2) is 6.05. The van der Waals surface area contributed by atoms with E-state index >= 15 is 0 Å². The minimum absolute atomic E-state index is 0.0429. The zero-order chi connectivity index (χ0) is 14.7. The molecule has 0 atom stereocenters. The van der Waals surface area contributed by atoms with E-state index in [1.165, 1.54) is 36.4 Å². The fourth-order valence-corrected chi connectivity index (χ4v) is 1.93. The summed E-state index contributed by atoms with van der Waals surface area (Å²) in [4.78, 5) is 11.8. The van der Waals surface area contributed by atoms with Gasteiger partial charge in [-0.15, -0.1) is 0 Å². The van der Waals surface area contributed by atoms with Crippen LogP contribution in [0, 0.1) is 17.5 Å².